The number of likely N-dealkylation sites (tertiary alicyclic amines) is 1. The number of nitrogens with zero attached hydrogens (tertiary/aromatic N) is 1. The summed E-state index contributed by atoms with van der Waals surface area (Å²) >= 11 is 3.46. The monoisotopic (exact) mass is 311 g/mol. The van der Waals surface area contributed by atoms with Gasteiger partial charge in [0.05, 0.1) is 12.6 Å². The summed E-state index contributed by atoms with van der Waals surface area (Å²) in [5.74, 6) is 0. The lowest BCUT2D eigenvalue weighted by atomic mass is 9.90. The maximum atomic E-state index is 11.7. The van der Waals surface area contributed by atoms with E-state index >= 15 is 0 Å². The Labute approximate surface area is 113 Å². The first-order chi connectivity index (χ1) is 8.56. The molecule has 2 heterocycles. The molecule has 0 aliphatic carbocycles. The van der Waals surface area contributed by atoms with Gasteiger partial charge in [-0.1, -0.05) is 15.9 Å². The van der Waals surface area contributed by atoms with Crippen molar-refractivity contribution in [3.63, 3.8) is 0 Å². The molecule has 0 saturated carbocycles. The Kier molecular flexibility index (Phi) is 2.53. The third-order valence-corrected chi connectivity index (χ3v) is 4.24. The third-order valence-electron chi connectivity index (χ3n) is 3.75. The molecule has 1 saturated heterocycles. The lowest BCUT2D eigenvalue weighted by molar-refractivity contribution is 0.118. The van der Waals surface area contributed by atoms with E-state index in [0.29, 0.717) is 6.54 Å². The van der Waals surface area contributed by atoms with Crippen LogP contribution in [0.1, 0.15) is 12.0 Å². The Bertz CT molecular complexity index is 522. The summed E-state index contributed by atoms with van der Waals surface area (Å²) in [5.41, 5.74) is 8.00. The van der Waals surface area contributed by atoms with Crippen LogP contribution in [-0.2, 0) is 10.3 Å². The predicted octanol–water partition coefficient (Wildman–Crippen LogP) is 1.83. The number of carbonyl (C=O) groups is 1. The van der Waals surface area contributed by atoms with E-state index in [1.54, 1.807) is 4.90 Å². The van der Waals surface area contributed by atoms with E-state index in [1.165, 1.54) is 7.11 Å². The maximum Gasteiger partial charge on any atom is 0.411 e. The summed E-state index contributed by atoms with van der Waals surface area (Å²) in [6.45, 7) is 0.604. The molecule has 5 nitrogen and oxygen atoms in total. The van der Waals surface area contributed by atoms with Crippen LogP contribution in [0.3, 0.4) is 0 Å². The minimum absolute atomic E-state index is 0.228. The van der Waals surface area contributed by atoms with Gasteiger partial charge in [0, 0.05) is 22.3 Å². The maximum absolute atomic E-state index is 11.7. The van der Waals surface area contributed by atoms with Crippen molar-refractivity contribution < 1.29 is 9.53 Å². The lowest BCUT2D eigenvalue weighted by Crippen LogP contribution is -2.50. The summed E-state index contributed by atoms with van der Waals surface area (Å²) in [4.78, 5) is 13.4. The number of hydrogen-bond donors (Lipinski definition) is 2. The number of carbonyl (C=O) groups excluding carboxylic acids is 1. The van der Waals surface area contributed by atoms with Crippen molar-refractivity contribution in [2.75, 3.05) is 19.0 Å². The van der Waals surface area contributed by atoms with Gasteiger partial charge in [0.25, 0.3) is 0 Å². The molecule has 0 radical (unpaired) electrons. The fraction of sp³-hybridized carbons (Fsp3) is 0.417. The fourth-order valence-corrected chi connectivity index (χ4v) is 3.19. The van der Waals surface area contributed by atoms with E-state index < -0.39 is 5.54 Å². The molecule has 1 fully saturated rings. The van der Waals surface area contributed by atoms with Gasteiger partial charge in [0.15, 0.2) is 0 Å². The number of fused-ring (bicyclic) bond motifs is 3. The predicted molar refractivity (Wildman–Crippen MR) is 71.1 cm³/mol. The summed E-state index contributed by atoms with van der Waals surface area (Å²) in [6, 6.07) is 5.95. The average Bonchev–Trinajstić information content (AvgIpc) is 2.82. The number of rotatable bonds is 0. The number of halogens is 1. The van der Waals surface area contributed by atoms with Gasteiger partial charge >= 0.3 is 6.09 Å². The molecule has 2 aliphatic rings. The summed E-state index contributed by atoms with van der Waals surface area (Å²) in [6.07, 6.45) is 0.157. The molecular formula is C12H14BrN3O2. The quantitative estimate of drug-likeness (QED) is 0.767. The van der Waals surface area contributed by atoms with Crippen LogP contribution in [0.15, 0.2) is 22.7 Å². The lowest BCUT2D eigenvalue weighted by Gasteiger charge is -2.28. The van der Waals surface area contributed by atoms with Crippen molar-refractivity contribution in [1.29, 1.82) is 0 Å². The zero-order valence-corrected chi connectivity index (χ0v) is 11.5. The molecule has 96 valence electrons. The van der Waals surface area contributed by atoms with Crippen molar-refractivity contribution in [2.24, 2.45) is 5.73 Å². The largest absolute Gasteiger partial charge is 0.453 e. The van der Waals surface area contributed by atoms with E-state index in [0.717, 1.165) is 22.1 Å². The van der Waals surface area contributed by atoms with Gasteiger partial charge in [-0.05, 0) is 24.6 Å². The molecule has 2 aliphatic heterocycles. The number of benzene rings is 1. The zero-order chi connectivity index (χ0) is 12.9. The molecule has 0 unspecified atom stereocenters. The van der Waals surface area contributed by atoms with Gasteiger partial charge in [-0.3, -0.25) is 4.90 Å². The van der Waals surface area contributed by atoms with Gasteiger partial charge in [-0.2, -0.15) is 0 Å². The van der Waals surface area contributed by atoms with Gasteiger partial charge in [0.2, 0.25) is 0 Å². The van der Waals surface area contributed by atoms with Gasteiger partial charge < -0.3 is 15.8 Å². The molecule has 0 aromatic heterocycles. The van der Waals surface area contributed by atoms with Crippen LogP contribution in [0.5, 0.6) is 0 Å². The van der Waals surface area contributed by atoms with Gasteiger partial charge in [-0.25, -0.2) is 4.79 Å². The van der Waals surface area contributed by atoms with E-state index in [9.17, 15) is 4.79 Å². The molecule has 3 N–H and O–H groups in total. The Morgan fingerprint density at radius 1 is 1.67 bits per heavy atom. The Morgan fingerprint density at radius 3 is 3.17 bits per heavy atom. The molecule has 0 bridgehead atoms. The molecule has 1 amide bonds. The zero-order valence-electron chi connectivity index (χ0n) is 9.94. The van der Waals surface area contributed by atoms with Crippen LogP contribution in [0, 0.1) is 0 Å². The van der Waals surface area contributed by atoms with E-state index in [4.69, 9.17) is 10.5 Å². The van der Waals surface area contributed by atoms with Crippen LogP contribution in [-0.4, -0.2) is 30.8 Å². The first-order valence-corrected chi connectivity index (χ1v) is 6.55. The highest BCUT2D eigenvalue weighted by atomic mass is 79.9. The second-order valence-electron chi connectivity index (χ2n) is 4.69. The summed E-state index contributed by atoms with van der Waals surface area (Å²) in [5, 5.41) is 3.31. The van der Waals surface area contributed by atoms with Crippen molar-refractivity contribution in [3.05, 3.63) is 28.2 Å². The number of hydrogen-bond acceptors (Lipinski definition) is 4. The number of nitrogens with one attached hydrogen (secondary N) is 1. The van der Waals surface area contributed by atoms with E-state index in [1.807, 2.05) is 18.2 Å². The van der Waals surface area contributed by atoms with Crippen molar-refractivity contribution in [3.8, 4) is 0 Å². The average molecular weight is 312 g/mol. The Balaban J connectivity index is 2.01. The first-order valence-electron chi connectivity index (χ1n) is 5.76. The highest BCUT2D eigenvalue weighted by Gasteiger charge is 2.53. The molecule has 0 spiro atoms. The van der Waals surface area contributed by atoms with Crippen LogP contribution in [0.2, 0.25) is 0 Å². The molecule has 1 aromatic carbocycles. The summed E-state index contributed by atoms with van der Waals surface area (Å²) in [7, 11) is 1.39. The number of amides is 1. The summed E-state index contributed by atoms with van der Waals surface area (Å²) < 4.78 is 5.78. The van der Waals surface area contributed by atoms with E-state index in [-0.39, 0.29) is 12.3 Å². The standard InChI is InChI=1S/C12H14BrN3O2/c1-18-11(17)16-5-4-12(14)8-6-7(13)2-3-9(8)15-10(12)16/h2-3,6,10,15H,4-5,14H2,1H3/t10-,12+/m1/s1. The highest BCUT2D eigenvalue weighted by Crippen LogP contribution is 2.45. The Hall–Kier alpha value is -1.27. The second kappa shape index (κ2) is 3.86. The number of ether oxygens (including phenoxy) is 1. The van der Waals surface area contributed by atoms with Crippen LogP contribution >= 0.6 is 15.9 Å². The molecule has 2 atom stereocenters. The highest BCUT2D eigenvalue weighted by molar-refractivity contribution is 9.10. The van der Waals surface area contributed by atoms with Crippen molar-refractivity contribution in [2.45, 2.75) is 18.1 Å². The number of nitrogens with two attached hydrogens (primary N) is 1. The molecule has 6 heteroatoms. The fourth-order valence-electron chi connectivity index (χ4n) is 2.83. The smallest absolute Gasteiger partial charge is 0.411 e. The van der Waals surface area contributed by atoms with Crippen LogP contribution in [0.25, 0.3) is 0 Å². The molecule has 1 aromatic rings. The van der Waals surface area contributed by atoms with Crippen molar-refractivity contribution in [1.82, 2.24) is 4.90 Å². The Morgan fingerprint density at radius 2 is 2.44 bits per heavy atom. The van der Waals surface area contributed by atoms with Gasteiger partial charge in [0.1, 0.15) is 6.17 Å². The number of methoxy groups -OCH3 is 1. The van der Waals surface area contributed by atoms with Gasteiger partial charge in [-0.15, -0.1) is 0 Å². The van der Waals surface area contributed by atoms with Crippen molar-refractivity contribution >= 4 is 27.7 Å². The first kappa shape index (κ1) is 11.8. The normalized spacial score (nSPS) is 28.6. The van der Waals surface area contributed by atoms with E-state index in [2.05, 4.69) is 21.2 Å². The molecular weight excluding hydrogens is 298 g/mol. The topological polar surface area (TPSA) is 67.6 Å². The molecule has 18 heavy (non-hydrogen) atoms. The minimum Gasteiger partial charge on any atom is -0.453 e. The van der Waals surface area contributed by atoms with Crippen LogP contribution in [0.4, 0.5) is 10.5 Å². The second-order valence-corrected chi connectivity index (χ2v) is 5.61. The minimum atomic E-state index is -0.534. The van der Waals surface area contributed by atoms with Crippen LogP contribution < -0.4 is 11.1 Å². The third kappa shape index (κ3) is 1.45. The SMILES string of the molecule is COC(=O)N1CC[C@]2(N)c3cc(Br)ccc3N[C@H]12. The number of anilines is 1. The molecule has 3 rings (SSSR count).